The Hall–Kier alpha value is -1.36. The van der Waals surface area contributed by atoms with Crippen molar-refractivity contribution in [3.05, 3.63) is 11.1 Å². The molecule has 0 aromatic heterocycles. The van der Waals surface area contributed by atoms with Crippen molar-refractivity contribution >= 4 is 11.9 Å². The summed E-state index contributed by atoms with van der Waals surface area (Å²) >= 11 is 0. The van der Waals surface area contributed by atoms with Crippen LogP contribution in [0.5, 0.6) is 0 Å². The fraction of sp³-hybridized carbons (Fsp3) is 0.818. The highest BCUT2D eigenvalue weighted by Crippen LogP contribution is 2.63. The van der Waals surface area contributed by atoms with E-state index in [1.165, 1.54) is 5.57 Å². The van der Waals surface area contributed by atoms with E-state index >= 15 is 0 Å². The molecule has 1 amide bonds. The maximum atomic E-state index is 12.6. The van der Waals surface area contributed by atoms with Crippen LogP contribution in [0.25, 0.3) is 0 Å². The highest BCUT2D eigenvalue weighted by molar-refractivity contribution is 5.78. The topological polar surface area (TPSA) is 66.8 Å². The van der Waals surface area contributed by atoms with Gasteiger partial charge in [-0.05, 0) is 56.3 Å². The number of fused-ring (bicyclic) bond motifs is 4. The lowest BCUT2D eigenvalue weighted by Gasteiger charge is -2.57. The molecule has 5 nitrogen and oxygen atoms in total. The van der Waals surface area contributed by atoms with Gasteiger partial charge in [0.2, 0.25) is 5.91 Å². The van der Waals surface area contributed by atoms with Gasteiger partial charge in [0.15, 0.2) is 0 Å². The van der Waals surface area contributed by atoms with E-state index in [0.717, 1.165) is 44.9 Å². The first-order valence-electron chi connectivity index (χ1n) is 10.6. The van der Waals surface area contributed by atoms with Gasteiger partial charge in [0.1, 0.15) is 6.61 Å². The van der Waals surface area contributed by atoms with Gasteiger partial charge in [-0.25, -0.2) is 0 Å². The van der Waals surface area contributed by atoms with Crippen LogP contribution in [0.4, 0.5) is 0 Å². The number of hydrogen-bond acceptors (Lipinski definition) is 4. The molecular formula is C22H33NO4. The lowest BCUT2D eigenvalue weighted by Crippen LogP contribution is -2.58. The van der Waals surface area contributed by atoms with Gasteiger partial charge in [0.05, 0.1) is 12.5 Å². The quantitative estimate of drug-likeness (QED) is 0.608. The van der Waals surface area contributed by atoms with Gasteiger partial charge in [-0.3, -0.25) is 9.59 Å². The standard InChI is InChI=1S/C22H33NO4/c1-21-10-8-16-14(15(21)5-6-17(21)20(26)27-13-12-24)4-7-18-22(16,2)11-9-19(25)23(18)3/h16-18,24H,4-13H2,1-3H3/t16-,17+,18?,21-,22+/m0/s1. The largest absolute Gasteiger partial charge is 0.463 e. The molecule has 5 heteroatoms. The number of esters is 1. The molecule has 1 saturated heterocycles. The van der Waals surface area contributed by atoms with Gasteiger partial charge in [0.25, 0.3) is 0 Å². The zero-order chi connectivity index (χ0) is 19.4. The minimum absolute atomic E-state index is 0.0753. The summed E-state index contributed by atoms with van der Waals surface area (Å²) in [5.74, 6) is 0.626. The second-order valence-corrected chi connectivity index (χ2v) is 9.56. The van der Waals surface area contributed by atoms with E-state index in [-0.39, 0.29) is 35.9 Å². The summed E-state index contributed by atoms with van der Waals surface area (Å²) in [7, 11) is 1.98. The van der Waals surface area contributed by atoms with Crippen molar-refractivity contribution in [1.82, 2.24) is 4.90 Å². The third-order valence-electron chi connectivity index (χ3n) is 8.51. The number of hydrogen-bond donors (Lipinski definition) is 1. The summed E-state index contributed by atoms with van der Waals surface area (Å²) < 4.78 is 5.30. The van der Waals surface area contributed by atoms with E-state index in [0.29, 0.717) is 24.3 Å². The van der Waals surface area contributed by atoms with Crippen LogP contribution < -0.4 is 0 Å². The molecule has 0 aromatic rings. The molecule has 1 N–H and O–H groups in total. The predicted octanol–water partition coefficient (Wildman–Crippen LogP) is 3.07. The molecule has 3 fully saturated rings. The van der Waals surface area contributed by atoms with E-state index in [9.17, 15) is 9.59 Å². The van der Waals surface area contributed by atoms with E-state index in [1.54, 1.807) is 5.57 Å². The molecule has 27 heavy (non-hydrogen) atoms. The van der Waals surface area contributed by atoms with Crippen LogP contribution in [0.2, 0.25) is 0 Å². The predicted molar refractivity (Wildman–Crippen MR) is 102 cm³/mol. The number of rotatable bonds is 3. The molecule has 3 aliphatic carbocycles. The molecule has 4 rings (SSSR count). The molecule has 1 heterocycles. The zero-order valence-corrected chi connectivity index (χ0v) is 16.9. The Morgan fingerprint density at radius 2 is 1.96 bits per heavy atom. The number of ether oxygens (including phenoxy) is 1. The van der Waals surface area contributed by atoms with Crippen molar-refractivity contribution < 1.29 is 19.4 Å². The van der Waals surface area contributed by atoms with Crippen LogP contribution in [0.3, 0.4) is 0 Å². The smallest absolute Gasteiger partial charge is 0.309 e. The number of aliphatic hydroxyl groups is 1. The Morgan fingerprint density at radius 3 is 2.70 bits per heavy atom. The monoisotopic (exact) mass is 375 g/mol. The summed E-state index contributed by atoms with van der Waals surface area (Å²) in [5.41, 5.74) is 3.20. The first-order valence-corrected chi connectivity index (χ1v) is 10.6. The van der Waals surface area contributed by atoms with E-state index in [2.05, 4.69) is 13.8 Å². The number of likely N-dealkylation sites (tertiary alicyclic amines) is 1. The lowest BCUT2D eigenvalue weighted by atomic mass is 9.52. The average molecular weight is 376 g/mol. The van der Waals surface area contributed by atoms with Crippen molar-refractivity contribution in [2.45, 2.75) is 71.3 Å². The molecule has 0 aromatic carbocycles. The fourth-order valence-corrected chi connectivity index (χ4v) is 7.02. The number of allylic oxidation sites excluding steroid dienone is 2. The molecule has 150 valence electrons. The van der Waals surface area contributed by atoms with Crippen molar-refractivity contribution in [3.8, 4) is 0 Å². The van der Waals surface area contributed by atoms with Crippen LogP contribution in [0, 0.1) is 22.7 Å². The Kier molecular flexibility index (Phi) is 4.65. The van der Waals surface area contributed by atoms with Crippen molar-refractivity contribution in [3.63, 3.8) is 0 Å². The second-order valence-electron chi connectivity index (χ2n) is 9.56. The summed E-state index contributed by atoms with van der Waals surface area (Å²) in [6.45, 7) is 4.64. The van der Waals surface area contributed by atoms with Crippen LogP contribution >= 0.6 is 0 Å². The maximum absolute atomic E-state index is 12.6. The minimum Gasteiger partial charge on any atom is -0.463 e. The molecule has 0 radical (unpaired) electrons. The van der Waals surface area contributed by atoms with Gasteiger partial charge < -0.3 is 14.7 Å². The Labute approximate surface area is 162 Å². The number of aliphatic hydroxyl groups excluding tert-OH is 1. The average Bonchev–Trinajstić information content (AvgIpc) is 3.00. The third kappa shape index (κ3) is 2.68. The molecule has 4 aliphatic rings. The summed E-state index contributed by atoms with van der Waals surface area (Å²) in [6, 6.07) is 0.351. The SMILES string of the molecule is CN1C(=O)CC[C@@]2(C)C1CCC1=C3CC[C@H](C(=O)OCCO)[C@@]3(C)CC[C@@H]12. The summed E-state index contributed by atoms with van der Waals surface area (Å²) in [6.07, 6.45) is 7.75. The van der Waals surface area contributed by atoms with Crippen molar-refractivity contribution in [2.24, 2.45) is 22.7 Å². The third-order valence-corrected chi connectivity index (χ3v) is 8.51. The van der Waals surface area contributed by atoms with Gasteiger partial charge in [0, 0.05) is 24.9 Å². The fourth-order valence-electron chi connectivity index (χ4n) is 7.02. The lowest BCUT2D eigenvalue weighted by molar-refractivity contribution is -0.153. The molecule has 1 unspecified atom stereocenters. The van der Waals surface area contributed by atoms with E-state index in [4.69, 9.17) is 9.84 Å². The van der Waals surface area contributed by atoms with E-state index in [1.807, 2.05) is 11.9 Å². The first kappa shape index (κ1) is 19.0. The minimum atomic E-state index is -0.136. The summed E-state index contributed by atoms with van der Waals surface area (Å²) in [5, 5.41) is 8.97. The molecular weight excluding hydrogens is 342 g/mol. The molecule has 2 saturated carbocycles. The van der Waals surface area contributed by atoms with Crippen molar-refractivity contribution in [2.75, 3.05) is 20.3 Å². The highest BCUT2D eigenvalue weighted by Gasteiger charge is 2.57. The second kappa shape index (κ2) is 6.61. The van der Waals surface area contributed by atoms with Crippen LogP contribution in [-0.4, -0.2) is 48.2 Å². The van der Waals surface area contributed by atoms with Gasteiger partial charge in [-0.2, -0.15) is 0 Å². The maximum Gasteiger partial charge on any atom is 0.309 e. The van der Waals surface area contributed by atoms with Gasteiger partial charge in [-0.1, -0.05) is 25.0 Å². The number of carbonyl (C=O) groups is 2. The Balaban J connectivity index is 1.64. The van der Waals surface area contributed by atoms with Crippen molar-refractivity contribution in [1.29, 1.82) is 0 Å². The van der Waals surface area contributed by atoms with Crippen LogP contribution in [0.15, 0.2) is 11.1 Å². The molecule has 1 aliphatic heterocycles. The highest BCUT2D eigenvalue weighted by atomic mass is 16.5. The summed E-state index contributed by atoms with van der Waals surface area (Å²) in [4.78, 5) is 26.8. The normalized spacial score (nSPS) is 41.1. The zero-order valence-electron chi connectivity index (χ0n) is 16.9. The van der Waals surface area contributed by atoms with Gasteiger partial charge in [-0.15, -0.1) is 0 Å². The van der Waals surface area contributed by atoms with Gasteiger partial charge >= 0.3 is 5.97 Å². The number of amides is 1. The molecule has 5 atom stereocenters. The van der Waals surface area contributed by atoms with Crippen LogP contribution in [0.1, 0.15) is 65.2 Å². The number of piperidine rings is 1. The van der Waals surface area contributed by atoms with E-state index < -0.39 is 0 Å². The number of nitrogens with zero attached hydrogens (tertiary/aromatic N) is 1. The molecule has 0 bridgehead atoms. The van der Waals surface area contributed by atoms with Crippen LogP contribution in [-0.2, 0) is 14.3 Å². The Bertz CT molecular complexity index is 686. The number of carbonyl (C=O) groups excluding carboxylic acids is 2. The molecule has 0 spiro atoms. The Morgan fingerprint density at radius 1 is 1.19 bits per heavy atom. The first-order chi connectivity index (χ1) is 12.8.